The minimum Gasteiger partial charge on any atom is -0.449 e. The molecule has 1 aliphatic heterocycles. The number of esters is 1. The van der Waals surface area contributed by atoms with E-state index in [1.54, 1.807) is 19.1 Å². The molecule has 0 aromatic heterocycles. The molecule has 3 rings (SSSR count). The highest BCUT2D eigenvalue weighted by Crippen LogP contribution is 2.45. The molecule has 1 aromatic rings. The van der Waals surface area contributed by atoms with Crippen LogP contribution in [0.4, 0.5) is 0 Å². The maximum absolute atomic E-state index is 12.3. The lowest BCUT2D eigenvalue weighted by atomic mass is 10.1. The van der Waals surface area contributed by atoms with Crippen molar-refractivity contribution < 1.29 is 14.3 Å². The molecule has 1 aromatic carbocycles. The van der Waals surface area contributed by atoms with E-state index in [1.165, 1.54) is 29.9 Å². The lowest BCUT2D eigenvalue weighted by Crippen LogP contribution is -2.41. The highest BCUT2D eigenvalue weighted by Gasteiger charge is 2.23. The number of hydrogen-bond donors (Lipinski definition) is 1. The summed E-state index contributed by atoms with van der Waals surface area (Å²) in [6.07, 6.45) is 6.06. The van der Waals surface area contributed by atoms with Gasteiger partial charge in [-0.15, -0.1) is 23.5 Å². The first-order chi connectivity index (χ1) is 12.6. The van der Waals surface area contributed by atoms with Gasteiger partial charge in [0, 0.05) is 17.5 Å². The van der Waals surface area contributed by atoms with Crippen molar-refractivity contribution in [2.24, 2.45) is 0 Å². The lowest BCUT2D eigenvalue weighted by Gasteiger charge is -2.19. The molecule has 1 aliphatic carbocycles. The fourth-order valence-electron chi connectivity index (χ4n) is 3.35. The highest BCUT2D eigenvalue weighted by atomic mass is 32.2. The molecule has 26 heavy (non-hydrogen) atoms. The van der Waals surface area contributed by atoms with Gasteiger partial charge in [-0.25, -0.2) is 4.79 Å². The van der Waals surface area contributed by atoms with Crippen molar-refractivity contribution in [2.45, 2.75) is 62.2 Å². The van der Waals surface area contributed by atoms with Gasteiger partial charge in [0.1, 0.15) is 0 Å². The molecule has 1 saturated carbocycles. The van der Waals surface area contributed by atoms with Gasteiger partial charge >= 0.3 is 5.97 Å². The van der Waals surface area contributed by atoms with Gasteiger partial charge < -0.3 is 10.1 Å². The molecule has 0 bridgehead atoms. The summed E-state index contributed by atoms with van der Waals surface area (Å²) in [5, 5.41) is 3.04. The van der Waals surface area contributed by atoms with Gasteiger partial charge in [-0.3, -0.25) is 4.79 Å². The number of ether oxygens (including phenoxy) is 1. The molecule has 0 unspecified atom stereocenters. The van der Waals surface area contributed by atoms with Gasteiger partial charge in [-0.1, -0.05) is 37.8 Å². The Morgan fingerprint density at radius 1 is 1.04 bits per heavy atom. The minimum absolute atomic E-state index is 0.194. The average molecular weight is 394 g/mol. The van der Waals surface area contributed by atoms with E-state index in [4.69, 9.17) is 4.74 Å². The molecule has 6 heteroatoms. The molecule has 1 atom stereocenters. The topological polar surface area (TPSA) is 55.4 Å². The normalized spacial score (nSPS) is 20.3. The van der Waals surface area contributed by atoms with Crippen molar-refractivity contribution >= 4 is 35.4 Å². The number of thioether (sulfide) groups is 2. The molecule has 1 N–H and O–H groups in total. The van der Waals surface area contributed by atoms with Crippen LogP contribution in [0.3, 0.4) is 0 Å². The van der Waals surface area contributed by atoms with Crippen molar-refractivity contribution in [3.63, 3.8) is 0 Å². The van der Waals surface area contributed by atoms with Crippen molar-refractivity contribution in [2.75, 3.05) is 11.5 Å². The summed E-state index contributed by atoms with van der Waals surface area (Å²) in [5.74, 6) is 1.71. The summed E-state index contributed by atoms with van der Waals surface area (Å²) in [6.45, 7) is 1.64. The molecule has 4 nitrogen and oxygen atoms in total. The first-order valence-corrected chi connectivity index (χ1v) is 11.6. The summed E-state index contributed by atoms with van der Waals surface area (Å²) in [6, 6.07) is 7.79. The minimum atomic E-state index is -0.772. The van der Waals surface area contributed by atoms with Gasteiger partial charge in [0.25, 0.3) is 5.91 Å². The van der Waals surface area contributed by atoms with E-state index >= 15 is 0 Å². The van der Waals surface area contributed by atoms with Crippen LogP contribution < -0.4 is 5.32 Å². The first-order valence-electron chi connectivity index (χ1n) is 9.48. The van der Waals surface area contributed by atoms with E-state index in [0.717, 1.165) is 25.7 Å². The van der Waals surface area contributed by atoms with Crippen LogP contribution in [0.2, 0.25) is 0 Å². The summed E-state index contributed by atoms with van der Waals surface area (Å²) in [4.78, 5) is 24.7. The summed E-state index contributed by atoms with van der Waals surface area (Å²) in [7, 11) is 0. The number of nitrogens with one attached hydrogen (secondary N) is 1. The molecular weight excluding hydrogens is 366 g/mol. The van der Waals surface area contributed by atoms with Crippen molar-refractivity contribution in [3.05, 3.63) is 35.4 Å². The van der Waals surface area contributed by atoms with E-state index in [2.05, 4.69) is 5.32 Å². The van der Waals surface area contributed by atoms with Crippen LogP contribution in [0.5, 0.6) is 0 Å². The Morgan fingerprint density at radius 3 is 2.27 bits per heavy atom. The monoisotopic (exact) mass is 393 g/mol. The fraction of sp³-hybridized carbons (Fsp3) is 0.600. The zero-order valence-corrected chi connectivity index (χ0v) is 16.9. The Bertz CT molecular complexity index is 606. The Balaban J connectivity index is 1.50. The van der Waals surface area contributed by atoms with Crippen molar-refractivity contribution in [3.8, 4) is 0 Å². The van der Waals surface area contributed by atoms with E-state index < -0.39 is 12.1 Å². The quantitative estimate of drug-likeness (QED) is 0.587. The Morgan fingerprint density at radius 2 is 1.65 bits per heavy atom. The predicted octanol–water partition coefficient (Wildman–Crippen LogP) is 4.55. The van der Waals surface area contributed by atoms with Gasteiger partial charge in [0.05, 0.1) is 10.1 Å². The van der Waals surface area contributed by atoms with E-state index in [1.807, 2.05) is 35.7 Å². The van der Waals surface area contributed by atoms with Gasteiger partial charge in [0.15, 0.2) is 6.10 Å². The Labute approximate surface area is 164 Å². The van der Waals surface area contributed by atoms with Crippen LogP contribution in [-0.4, -0.2) is 35.5 Å². The van der Waals surface area contributed by atoms with Crippen molar-refractivity contribution in [1.29, 1.82) is 0 Å². The maximum atomic E-state index is 12.3. The zero-order valence-electron chi connectivity index (χ0n) is 15.2. The zero-order chi connectivity index (χ0) is 18.4. The molecule has 0 radical (unpaired) electrons. The SMILES string of the molecule is C[C@@H](OC(=O)c1ccc(C2SCCS2)cc1)C(=O)NC1CCCCCC1. The number of benzene rings is 1. The second-order valence-electron chi connectivity index (χ2n) is 6.94. The molecule has 2 fully saturated rings. The number of carbonyl (C=O) groups is 2. The number of rotatable bonds is 5. The third-order valence-corrected chi connectivity index (χ3v) is 8.00. The third-order valence-electron chi connectivity index (χ3n) is 4.89. The standard InChI is InChI=1S/C20H27NO3S2/c1-14(18(22)21-17-6-4-2-3-5-7-17)24-19(23)15-8-10-16(11-9-15)20-25-12-13-26-20/h8-11,14,17,20H,2-7,12-13H2,1H3,(H,21,22)/t14-/m1/s1. The van der Waals surface area contributed by atoms with Crippen LogP contribution in [-0.2, 0) is 9.53 Å². The summed E-state index contributed by atoms with van der Waals surface area (Å²) < 4.78 is 5.84. The van der Waals surface area contributed by atoms with Crippen LogP contribution >= 0.6 is 23.5 Å². The van der Waals surface area contributed by atoms with Crippen LogP contribution in [0.25, 0.3) is 0 Å². The molecule has 1 heterocycles. The lowest BCUT2D eigenvalue weighted by molar-refractivity contribution is -0.129. The second kappa shape index (κ2) is 9.70. The van der Waals surface area contributed by atoms with E-state index in [-0.39, 0.29) is 11.9 Å². The third kappa shape index (κ3) is 5.43. The highest BCUT2D eigenvalue weighted by molar-refractivity contribution is 8.19. The molecule has 142 valence electrons. The summed E-state index contributed by atoms with van der Waals surface area (Å²) >= 11 is 3.87. The first kappa shape index (κ1) is 19.6. The number of carbonyl (C=O) groups excluding carboxylic acids is 2. The largest absolute Gasteiger partial charge is 0.449 e. The van der Waals surface area contributed by atoms with E-state index in [9.17, 15) is 9.59 Å². The molecule has 1 saturated heterocycles. The second-order valence-corrected chi connectivity index (χ2v) is 9.66. The smallest absolute Gasteiger partial charge is 0.338 e. The molecular formula is C20H27NO3S2. The van der Waals surface area contributed by atoms with Crippen LogP contribution in [0.1, 0.15) is 66.0 Å². The van der Waals surface area contributed by atoms with E-state index in [0.29, 0.717) is 10.1 Å². The Kier molecular flexibility index (Phi) is 7.32. The van der Waals surface area contributed by atoms with Crippen LogP contribution in [0.15, 0.2) is 24.3 Å². The number of amides is 1. The summed E-state index contributed by atoms with van der Waals surface area (Å²) in [5.41, 5.74) is 1.73. The molecule has 1 amide bonds. The van der Waals surface area contributed by atoms with Crippen LogP contribution in [0, 0.1) is 0 Å². The van der Waals surface area contributed by atoms with Crippen molar-refractivity contribution in [1.82, 2.24) is 5.32 Å². The molecule has 0 spiro atoms. The number of hydrogen-bond acceptors (Lipinski definition) is 5. The maximum Gasteiger partial charge on any atom is 0.338 e. The predicted molar refractivity (Wildman–Crippen MR) is 109 cm³/mol. The van der Waals surface area contributed by atoms with Gasteiger partial charge in [-0.2, -0.15) is 0 Å². The average Bonchev–Trinajstić information content (AvgIpc) is 3.07. The van der Waals surface area contributed by atoms with Gasteiger partial charge in [0.2, 0.25) is 0 Å². The molecule has 2 aliphatic rings. The van der Waals surface area contributed by atoms with Gasteiger partial charge in [-0.05, 0) is 37.5 Å². The Hall–Kier alpha value is -1.14. The fourth-order valence-corrected chi connectivity index (χ4v) is 6.21.